The van der Waals surface area contributed by atoms with Crippen LogP contribution in [0.5, 0.6) is 0 Å². The van der Waals surface area contributed by atoms with Crippen LogP contribution in [-0.2, 0) is 11.0 Å². The van der Waals surface area contributed by atoms with E-state index in [1.54, 1.807) is 19.9 Å². The molecule has 0 saturated heterocycles. The summed E-state index contributed by atoms with van der Waals surface area (Å²) in [6, 6.07) is 5.41. The van der Waals surface area contributed by atoms with Crippen molar-refractivity contribution in [2.75, 3.05) is 6.54 Å². The zero-order valence-electron chi connectivity index (χ0n) is 12.0. The number of alkyl halides is 3. The average molecular weight is 303 g/mol. The highest BCUT2D eigenvalue weighted by atomic mass is 19.4. The van der Waals surface area contributed by atoms with E-state index in [1.807, 2.05) is 0 Å². The molecule has 118 valence electrons. The minimum atomic E-state index is -4.41. The van der Waals surface area contributed by atoms with Crippen LogP contribution in [0.15, 0.2) is 24.3 Å². The van der Waals surface area contributed by atoms with Crippen molar-refractivity contribution in [1.29, 1.82) is 0 Å². The second-order valence-electron chi connectivity index (χ2n) is 5.36. The van der Waals surface area contributed by atoms with Gasteiger partial charge < -0.3 is 10.8 Å². The Bertz CT molecular complexity index is 488. The molecule has 0 spiro atoms. The molecular weight excluding hydrogens is 283 g/mol. The molecule has 0 amide bonds. The average Bonchev–Trinajstić information content (AvgIpc) is 2.42. The molecule has 21 heavy (non-hydrogen) atoms. The molecule has 0 fully saturated rings. The molecule has 1 aromatic rings. The molecule has 0 aliphatic heterocycles. The van der Waals surface area contributed by atoms with Gasteiger partial charge in [-0.15, -0.1) is 0 Å². The van der Waals surface area contributed by atoms with Crippen LogP contribution in [0.4, 0.5) is 13.2 Å². The number of carboxylic acids is 1. The first-order valence-electron chi connectivity index (χ1n) is 6.77. The minimum absolute atomic E-state index is 0.0205. The lowest BCUT2D eigenvalue weighted by atomic mass is 9.81. The van der Waals surface area contributed by atoms with Gasteiger partial charge in [0.25, 0.3) is 0 Å². The minimum Gasteiger partial charge on any atom is -0.481 e. The maximum Gasteiger partial charge on any atom is 0.416 e. The highest BCUT2D eigenvalue weighted by Gasteiger charge is 2.35. The Morgan fingerprint density at radius 2 is 1.86 bits per heavy atom. The van der Waals surface area contributed by atoms with E-state index in [0.29, 0.717) is 0 Å². The van der Waals surface area contributed by atoms with E-state index in [2.05, 4.69) is 0 Å². The van der Waals surface area contributed by atoms with E-state index in [-0.39, 0.29) is 24.4 Å². The molecule has 0 saturated carbocycles. The molecular formula is C15H20F3NO2. The molecule has 6 heteroatoms. The number of nitrogens with two attached hydrogens (primary N) is 1. The van der Waals surface area contributed by atoms with Gasteiger partial charge in [0.2, 0.25) is 0 Å². The SMILES string of the molecule is CC(CC(CN)C(=O)O)C(C)c1ccccc1C(F)(F)F. The third-order valence-corrected chi connectivity index (χ3v) is 3.90. The number of aliphatic carboxylic acids is 1. The summed E-state index contributed by atoms with van der Waals surface area (Å²) in [5.74, 6) is -2.38. The van der Waals surface area contributed by atoms with Crippen molar-refractivity contribution >= 4 is 5.97 Å². The first kappa shape index (κ1) is 17.5. The summed E-state index contributed by atoms with van der Waals surface area (Å²) in [6.07, 6.45) is -4.16. The fraction of sp³-hybridized carbons (Fsp3) is 0.533. The van der Waals surface area contributed by atoms with Crippen LogP contribution in [0.2, 0.25) is 0 Å². The van der Waals surface area contributed by atoms with E-state index in [9.17, 15) is 18.0 Å². The summed E-state index contributed by atoms with van der Waals surface area (Å²) in [6.45, 7) is 3.42. The predicted octanol–water partition coefficient (Wildman–Crippen LogP) is 3.49. The first-order chi connectivity index (χ1) is 9.68. The van der Waals surface area contributed by atoms with E-state index < -0.39 is 29.5 Å². The fourth-order valence-electron chi connectivity index (χ4n) is 2.41. The molecule has 3 unspecified atom stereocenters. The highest BCUT2D eigenvalue weighted by Crippen LogP contribution is 2.38. The number of rotatable bonds is 6. The number of hydrogen-bond acceptors (Lipinski definition) is 2. The Morgan fingerprint density at radius 3 is 2.33 bits per heavy atom. The van der Waals surface area contributed by atoms with Gasteiger partial charge in [0.05, 0.1) is 11.5 Å². The normalized spacial score (nSPS) is 16.3. The Labute approximate surface area is 122 Å². The molecule has 1 rings (SSSR count). The summed E-state index contributed by atoms with van der Waals surface area (Å²) >= 11 is 0. The van der Waals surface area contributed by atoms with Crippen molar-refractivity contribution in [3.63, 3.8) is 0 Å². The van der Waals surface area contributed by atoms with Gasteiger partial charge in [-0.3, -0.25) is 4.79 Å². The molecule has 3 N–H and O–H groups in total. The Kier molecular flexibility index (Phi) is 5.78. The lowest BCUT2D eigenvalue weighted by Crippen LogP contribution is -2.27. The number of benzene rings is 1. The lowest BCUT2D eigenvalue weighted by Gasteiger charge is -2.25. The van der Waals surface area contributed by atoms with Gasteiger partial charge in [0.15, 0.2) is 0 Å². The Morgan fingerprint density at radius 1 is 1.29 bits per heavy atom. The van der Waals surface area contributed by atoms with Crippen LogP contribution in [0.3, 0.4) is 0 Å². The number of carboxylic acid groups (broad SMARTS) is 1. The topological polar surface area (TPSA) is 63.3 Å². The Balaban J connectivity index is 2.98. The quantitative estimate of drug-likeness (QED) is 0.845. The van der Waals surface area contributed by atoms with Gasteiger partial charge in [-0.05, 0) is 29.9 Å². The third-order valence-electron chi connectivity index (χ3n) is 3.90. The van der Waals surface area contributed by atoms with Crippen LogP contribution in [0.25, 0.3) is 0 Å². The van der Waals surface area contributed by atoms with Gasteiger partial charge in [-0.25, -0.2) is 0 Å². The van der Waals surface area contributed by atoms with Crippen molar-refractivity contribution in [2.45, 2.75) is 32.4 Å². The van der Waals surface area contributed by atoms with Gasteiger partial charge in [0.1, 0.15) is 0 Å². The van der Waals surface area contributed by atoms with Crippen LogP contribution in [0.1, 0.15) is 37.3 Å². The molecule has 0 aromatic heterocycles. The molecule has 0 heterocycles. The number of hydrogen-bond donors (Lipinski definition) is 2. The smallest absolute Gasteiger partial charge is 0.416 e. The number of carbonyl (C=O) groups is 1. The molecule has 3 atom stereocenters. The van der Waals surface area contributed by atoms with Crippen LogP contribution in [0, 0.1) is 11.8 Å². The molecule has 0 aliphatic carbocycles. The highest BCUT2D eigenvalue weighted by molar-refractivity contribution is 5.70. The maximum atomic E-state index is 13.0. The molecule has 0 radical (unpaired) electrons. The lowest BCUT2D eigenvalue weighted by molar-refractivity contribution is -0.142. The van der Waals surface area contributed by atoms with Crippen LogP contribution < -0.4 is 5.73 Å². The first-order valence-corrected chi connectivity index (χ1v) is 6.77. The van der Waals surface area contributed by atoms with Gasteiger partial charge >= 0.3 is 12.1 Å². The van der Waals surface area contributed by atoms with Crippen LogP contribution >= 0.6 is 0 Å². The van der Waals surface area contributed by atoms with Gasteiger partial charge in [-0.1, -0.05) is 32.0 Å². The second-order valence-corrected chi connectivity index (χ2v) is 5.36. The maximum absolute atomic E-state index is 13.0. The molecule has 0 aliphatic rings. The summed E-state index contributed by atoms with van der Waals surface area (Å²) in [7, 11) is 0. The largest absolute Gasteiger partial charge is 0.481 e. The van der Waals surface area contributed by atoms with E-state index >= 15 is 0 Å². The van der Waals surface area contributed by atoms with Crippen molar-refractivity contribution in [1.82, 2.24) is 0 Å². The van der Waals surface area contributed by atoms with E-state index in [1.165, 1.54) is 12.1 Å². The van der Waals surface area contributed by atoms with Gasteiger partial charge in [-0.2, -0.15) is 13.2 Å². The van der Waals surface area contributed by atoms with E-state index in [4.69, 9.17) is 10.8 Å². The van der Waals surface area contributed by atoms with Crippen molar-refractivity contribution < 1.29 is 23.1 Å². The molecule has 1 aromatic carbocycles. The Hall–Kier alpha value is -1.56. The number of halogens is 3. The standard InChI is InChI=1S/C15H20F3NO2/c1-9(7-11(8-19)14(20)21)10(2)12-5-3-4-6-13(12)15(16,17)18/h3-6,9-11H,7-8,19H2,1-2H3,(H,20,21). The summed E-state index contributed by atoms with van der Waals surface area (Å²) in [4.78, 5) is 11.0. The summed E-state index contributed by atoms with van der Waals surface area (Å²) in [5, 5.41) is 9.00. The second kappa shape index (κ2) is 6.93. The molecule has 0 bridgehead atoms. The van der Waals surface area contributed by atoms with Gasteiger partial charge in [0, 0.05) is 6.54 Å². The monoisotopic (exact) mass is 303 g/mol. The van der Waals surface area contributed by atoms with Crippen molar-refractivity contribution in [3.8, 4) is 0 Å². The zero-order chi connectivity index (χ0) is 16.2. The summed E-state index contributed by atoms with van der Waals surface area (Å²) < 4.78 is 39.0. The van der Waals surface area contributed by atoms with Crippen LogP contribution in [-0.4, -0.2) is 17.6 Å². The fourth-order valence-corrected chi connectivity index (χ4v) is 2.41. The van der Waals surface area contributed by atoms with Crippen molar-refractivity contribution in [3.05, 3.63) is 35.4 Å². The van der Waals surface area contributed by atoms with E-state index in [0.717, 1.165) is 6.07 Å². The predicted molar refractivity (Wildman–Crippen MR) is 73.8 cm³/mol. The molecule has 3 nitrogen and oxygen atoms in total. The third kappa shape index (κ3) is 4.46. The zero-order valence-corrected chi connectivity index (χ0v) is 12.0. The van der Waals surface area contributed by atoms with Crippen molar-refractivity contribution in [2.24, 2.45) is 17.6 Å². The summed E-state index contributed by atoms with van der Waals surface area (Å²) in [5.41, 5.74) is 4.93.